The summed E-state index contributed by atoms with van der Waals surface area (Å²) in [5, 5.41) is 2.74. The molecule has 2 rings (SSSR count). The van der Waals surface area contributed by atoms with Gasteiger partial charge in [-0.2, -0.15) is 0 Å². The van der Waals surface area contributed by atoms with E-state index in [0.29, 0.717) is 17.2 Å². The minimum Gasteiger partial charge on any atom is -0.497 e. The van der Waals surface area contributed by atoms with Gasteiger partial charge in [0, 0.05) is 6.07 Å². The predicted octanol–water partition coefficient (Wildman–Crippen LogP) is 2.66. The maximum Gasteiger partial charge on any atom is 0.243 e. The molecule has 1 unspecified atom stereocenters. The zero-order valence-corrected chi connectivity index (χ0v) is 18.2. The Hall–Kier alpha value is -2.74. The average Bonchev–Trinajstić information content (AvgIpc) is 2.67. The van der Waals surface area contributed by atoms with Crippen molar-refractivity contribution in [3.63, 3.8) is 0 Å². The number of amides is 1. The standard InChI is InChI=1S/C21H28N2O5S/c1-15-9-10-16(2)20(13-15)23(29(5,25)26)17(3)21(24)22-11-12-28-19-8-6-7-18(14-19)27-4/h6-10,13-14,17H,11-12H2,1-5H3,(H,22,24). The van der Waals surface area contributed by atoms with E-state index in [1.807, 2.05) is 38.1 Å². The van der Waals surface area contributed by atoms with Crippen molar-refractivity contribution in [2.24, 2.45) is 0 Å². The van der Waals surface area contributed by atoms with E-state index in [0.717, 1.165) is 21.7 Å². The third-order valence-corrected chi connectivity index (χ3v) is 5.63. The van der Waals surface area contributed by atoms with Crippen LogP contribution < -0.4 is 19.1 Å². The zero-order chi connectivity index (χ0) is 21.6. The summed E-state index contributed by atoms with van der Waals surface area (Å²) in [5.74, 6) is 0.905. The van der Waals surface area contributed by atoms with Gasteiger partial charge in [-0.3, -0.25) is 9.10 Å². The van der Waals surface area contributed by atoms with Crippen LogP contribution in [-0.4, -0.2) is 46.9 Å². The Bertz CT molecular complexity index is 959. The monoisotopic (exact) mass is 420 g/mol. The molecule has 1 atom stereocenters. The Morgan fingerprint density at radius 1 is 1.14 bits per heavy atom. The second-order valence-corrected chi connectivity index (χ2v) is 8.70. The molecule has 0 aliphatic heterocycles. The highest BCUT2D eigenvalue weighted by molar-refractivity contribution is 7.92. The molecule has 7 nitrogen and oxygen atoms in total. The van der Waals surface area contributed by atoms with Crippen molar-refractivity contribution >= 4 is 21.6 Å². The molecule has 0 spiro atoms. The maximum atomic E-state index is 12.6. The van der Waals surface area contributed by atoms with Crippen molar-refractivity contribution in [1.82, 2.24) is 5.32 Å². The second-order valence-electron chi connectivity index (χ2n) is 6.84. The first-order valence-electron chi connectivity index (χ1n) is 9.24. The van der Waals surface area contributed by atoms with Gasteiger partial charge in [-0.05, 0) is 50.1 Å². The van der Waals surface area contributed by atoms with Crippen molar-refractivity contribution < 1.29 is 22.7 Å². The fourth-order valence-corrected chi connectivity index (χ4v) is 4.14. The lowest BCUT2D eigenvalue weighted by Crippen LogP contribution is -2.48. The molecule has 0 aliphatic carbocycles. The number of sulfonamides is 1. The molecule has 2 aromatic carbocycles. The summed E-state index contributed by atoms with van der Waals surface area (Å²) in [6.07, 6.45) is 1.10. The molecule has 0 radical (unpaired) electrons. The lowest BCUT2D eigenvalue weighted by Gasteiger charge is -2.29. The van der Waals surface area contributed by atoms with Gasteiger partial charge in [-0.15, -0.1) is 0 Å². The third kappa shape index (κ3) is 6.12. The highest BCUT2D eigenvalue weighted by Crippen LogP contribution is 2.26. The number of nitrogens with one attached hydrogen (secondary N) is 1. The van der Waals surface area contributed by atoms with E-state index in [9.17, 15) is 13.2 Å². The summed E-state index contributed by atoms with van der Waals surface area (Å²) in [6.45, 7) is 5.75. The van der Waals surface area contributed by atoms with Crippen LogP contribution in [0.2, 0.25) is 0 Å². The van der Waals surface area contributed by atoms with Gasteiger partial charge in [0.05, 0.1) is 25.6 Å². The number of hydrogen-bond donors (Lipinski definition) is 1. The molecule has 1 amide bonds. The summed E-state index contributed by atoms with van der Waals surface area (Å²) in [5.41, 5.74) is 2.20. The fourth-order valence-electron chi connectivity index (χ4n) is 2.92. The second kappa shape index (κ2) is 9.65. The number of rotatable bonds is 9. The molecule has 0 fully saturated rings. The first kappa shape index (κ1) is 22.5. The minimum absolute atomic E-state index is 0.241. The van der Waals surface area contributed by atoms with E-state index in [1.165, 1.54) is 0 Å². The number of nitrogens with zero attached hydrogens (tertiary/aromatic N) is 1. The molecule has 0 saturated carbocycles. The molecule has 0 aliphatic rings. The van der Waals surface area contributed by atoms with Crippen LogP contribution in [0.25, 0.3) is 0 Å². The smallest absolute Gasteiger partial charge is 0.243 e. The van der Waals surface area contributed by atoms with Crippen LogP contribution in [-0.2, 0) is 14.8 Å². The summed E-state index contributed by atoms with van der Waals surface area (Å²) in [6, 6.07) is 11.8. The first-order valence-corrected chi connectivity index (χ1v) is 11.1. The number of carbonyl (C=O) groups excluding carboxylic acids is 1. The van der Waals surface area contributed by atoms with Crippen molar-refractivity contribution in [1.29, 1.82) is 0 Å². The lowest BCUT2D eigenvalue weighted by atomic mass is 10.1. The Morgan fingerprint density at radius 2 is 1.83 bits per heavy atom. The van der Waals surface area contributed by atoms with E-state index in [4.69, 9.17) is 9.47 Å². The molecule has 8 heteroatoms. The summed E-state index contributed by atoms with van der Waals surface area (Å²) < 4.78 is 36.7. The Kier molecular flexibility index (Phi) is 7.50. The molecule has 0 saturated heterocycles. The molecule has 0 aromatic heterocycles. The average molecular weight is 421 g/mol. The van der Waals surface area contributed by atoms with Crippen molar-refractivity contribution in [2.75, 3.05) is 30.8 Å². The van der Waals surface area contributed by atoms with Crippen LogP contribution in [0.5, 0.6) is 11.5 Å². The summed E-state index contributed by atoms with van der Waals surface area (Å²) in [7, 11) is -2.08. The third-order valence-electron chi connectivity index (χ3n) is 4.40. The maximum absolute atomic E-state index is 12.6. The largest absolute Gasteiger partial charge is 0.497 e. The van der Waals surface area contributed by atoms with Crippen LogP contribution in [0.4, 0.5) is 5.69 Å². The normalized spacial score (nSPS) is 12.2. The first-order chi connectivity index (χ1) is 13.6. The molecule has 1 N–H and O–H groups in total. The number of ether oxygens (including phenoxy) is 2. The van der Waals surface area contributed by atoms with Crippen molar-refractivity contribution in [2.45, 2.75) is 26.8 Å². The molecule has 0 bridgehead atoms. The van der Waals surface area contributed by atoms with Gasteiger partial charge in [0.1, 0.15) is 24.1 Å². The molecular weight excluding hydrogens is 392 g/mol. The summed E-state index contributed by atoms with van der Waals surface area (Å²) >= 11 is 0. The zero-order valence-electron chi connectivity index (χ0n) is 17.4. The SMILES string of the molecule is COc1cccc(OCCNC(=O)C(C)N(c2cc(C)ccc2C)S(C)(=O)=O)c1. The quantitative estimate of drug-likeness (QED) is 0.631. The Labute approximate surface area is 172 Å². The van der Waals surface area contributed by atoms with Crippen LogP contribution in [0, 0.1) is 13.8 Å². The minimum atomic E-state index is -3.66. The number of aryl methyl sites for hydroxylation is 2. The number of hydrogen-bond acceptors (Lipinski definition) is 5. The molecular formula is C21H28N2O5S. The Morgan fingerprint density at radius 3 is 2.48 bits per heavy atom. The van der Waals surface area contributed by atoms with Gasteiger partial charge in [0.25, 0.3) is 0 Å². The van der Waals surface area contributed by atoms with E-state index in [1.54, 1.807) is 32.2 Å². The van der Waals surface area contributed by atoms with Gasteiger partial charge in [-0.1, -0.05) is 18.2 Å². The van der Waals surface area contributed by atoms with Crippen LogP contribution >= 0.6 is 0 Å². The Balaban J connectivity index is 2.03. The predicted molar refractivity (Wildman–Crippen MR) is 114 cm³/mol. The van der Waals surface area contributed by atoms with Gasteiger partial charge in [0.15, 0.2) is 0 Å². The van der Waals surface area contributed by atoms with Gasteiger partial charge in [0.2, 0.25) is 15.9 Å². The highest BCUT2D eigenvalue weighted by Gasteiger charge is 2.30. The number of benzene rings is 2. The number of carbonyl (C=O) groups is 1. The number of anilines is 1. The molecule has 158 valence electrons. The van der Waals surface area contributed by atoms with E-state index < -0.39 is 22.0 Å². The van der Waals surface area contributed by atoms with E-state index >= 15 is 0 Å². The molecule has 29 heavy (non-hydrogen) atoms. The van der Waals surface area contributed by atoms with E-state index in [-0.39, 0.29) is 13.2 Å². The fraction of sp³-hybridized carbons (Fsp3) is 0.381. The van der Waals surface area contributed by atoms with Gasteiger partial charge < -0.3 is 14.8 Å². The van der Waals surface area contributed by atoms with Crippen LogP contribution in [0.1, 0.15) is 18.1 Å². The van der Waals surface area contributed by atoms with E-state index in [2.05, 4.69) is 5.32 Å². The van der Waals surface area contributed by atoms with Crippen molar-refractivity contribution in [3.8, 4) is 11.5 Å². The summed E-state index contributed by atoms with van der Waals surface area (Å²) in [4.78, 5) is 12.6. The topological polar surface area (TPSA) is 84.9 Å². The lowest BCUT2D eigenvalue weighted by molar-refractivity contribution is -0.121. The van der Waals surface area contributed by atoms with Gasteiger partial charge in [-0.25, -0.2) is 8.42 Å². The number of methoxy groups -OCH3 is 1. The van der Waals surface area contributed by atoms with Crippen LogP contribution in [0.15, 0.2) is 42.5 Å². The molecule has 2 aromatic rings. The van der Waals surface area contributed by atoms with Crippen LogP contribution in [0.3, 0.4) is 0 Å². The molecule has 0 heterocycles. The highest BCUT2D eigenvalue weighted by atomic mass is 32.2. The van der Waals surface area contributed by atoms with Crippen molar-refractivity contribution in [3.05, 3.63) is 53.6 Å². The van der Waals surface area contributed by atoms with Gasteiger partial charge >= 0.3 is 0 Å².